The Labute approximate surface area is 463 Å². The van der Waals surface area contributed by atoms with E-state index in [9.17, 15) is 9.59 Å². The summed E-state index contributed by atoms with van der Waals surface area (Å²) in [6, 6.07) is 0. The second-order valence-electron chi connectivity index (χ2n) is 22.7. The third-order valence-corrected chi connectivity index (χ3v) is 15.2. The lowest BCUT2D eigenvalue weighted by Gasteiger charge is -2.18. The van der Waals surface area contributed by atoms with E-state index in [1.807, 2.05) is 0 Å². The Bertz CT molecular complexity index is 1170. The van der Waals surface area contributed by atoms with Gasteiger partial charge < -0.3 is 14.2 Å². The number of esters is 2. The van der Waals surface area contributed by atoms with E-state index in [2.05, 4.69) is 57.2 Å². The first-order valence-electron chi connectivity index (χ1n) is 33.5. The quantitative estimate of drug-likeness (QED) is 0.0345. The van der Waals surface area contributed by atoms with Crippen molar-refractivity contribution in [2.24, 2.45) is 0 Å². The Morgan fingerprint density at radius 3 is 0.932 bits per heavy atom. The molecule has 0 aromatic heterocycles. The van der Waals surface area contributed by atoms with Crippen LogP contribution in [-0.2, 0) is 23.8 Å². The van der Waals surface area contributed by atoms with Crippen molar-refractivity contribution in [2.75, 3.05) is 19.8 Å². The molecule has 5 nitrogen and oxygen atoms in total. The van der Waals surface area contributed by atoms with Gasteiger partial charge in [0.25, 0.3) is 0 Å². The molecule has 1 unspecified atom stereocenters. The number of allylic oxidation sites excluding steroid dienone is 6. The van der Waals surface area contributed by atoms with Crippen LogP contribution in [0.5, 0.6) is 0 Å². The molecule has 0 aromatic carbocycles. The lowest BCUT2D eigenvalue weighted by Crippen LogP contribution is -2.30. The number of unbranched alkanes of at least 4 members (excludes halogenated alkanes) is 46. The van der Waals surface area contributed by atoms with E-state index in [0.717, 1.165) is 51.4 Å². The maximum Gasteiger partial charge on any atom is 0.306 e. The normalized spacial score (nSPS) is 12.3. The molecule has 0 aromatic rings. The van der Waals surface area contributed by atoms with Crippen LogP contribution in [0.4, 0.5) is 0 Å². The lowest BCUT2D eigenvalue weighted by atomic mass is 10.0. The highest BCUT2D eigenvalue weighted by atomic mass is 16.6. The fourth-order valence-corrected chi connectivity index (χ4v) is 10.2. The Balaban J connectivity index is 4.24. The predicted octanol–water partition coefficient (Wildman–Crippen LogP) is 23.3. The summed E-state index contributed by atoms with van der Waals surface area (Å²) in [5, 5.41) is 0. The van der Waals surface area contributed by atoms with Crippen LogP contribution >= 0.6 is 0 Å². The van der Waals surface area contributed by atoms with Crippen molar-refractivity contribution in [3.63, 3.8) is 0 Å². The van der Waals surface area contributed by atoms with Gasteiger partial charge in [-0.3, -0.25) is 9.59 Å². The molecule has 0 aliphatic carbocycles. The van der Waals surface area contributed by atoms with Gasteiger partial charge in [0.2, 0.25) is 0 Å². The van der Waals surface area contributed by atoms with Crippen molar-refractivity contribution in [2.45, 2.75) is 374 Å². The molecule has 0 bridgehead atoms. The summed E-state index contributed by atoms with van der Waals surface area (Å²) in [5.74, 6) is -0.374. The fourth-order valence-electron chi connectivity index (χ4n) is 10.2. The highest BCUT2D eigenvalue weighted by molar-refractivity contribution is 5.70. The van der Waals surface area contributed by atoms with Gasteiger partial charge in [0, 0.05) is 19.4 Å². The summed E-state index contributed by atoms with van der Waals surface area (Å²) in [6.07, 6.45) is 81.9. The van der Waals surface area contributed by atoms with Gasteiger partial charge in [0.15, 0.2) is 6.10 Å². The maximum atomic E-state index is 12.9. The number of ether oxygens (including phenoxy) is 3. The van der Waals surface area contributed by atoms with Crippen molar-refractivity contribution in [3.05, 3.63) is 36.5 Å². The van der Waals surface area contributed by atoms with Crippen LogP contribution in [0.2, 0.25) is 0 Å². The van der Waals surface area contributed by atoms with E-state index in [0.29, 0.717) is 19.4 Å². The smallest absolute Gasteiger partial charge is 0.306 e. The van der Waals surface area contributed by atoms with Crippen molar-refractivity contribution in [3.8, 4) is 0 Å². The van der Waals surface area contributed by atoms with E-state index in [4.69, 9.17) is 14.2 Å². The molecule has 5 heteroatoms. The summed E-state index contributed by atoms with van der Waals surface area (Å²) < 4.78 is 17.6. The summed E-state index contributed by atoms with van der Waals surface area (Å²) >= 11 is 0. The molecular formula is C69H130O5. The molecule has 0 amide bonds. The lowest BCUT2D eigenvalue weighted by molar-refractivity contribution is -0.163. The van der Waals surface area contributed by atoms with Gasteiger partial charge in [0.1, 0.15) is 6.61 Å². The topological polar surface area (TPSA) is 61.8 Å². The van der Waals surface area contributed by atoms with Gasteiger partial charge in [-0.1, -0.05) is 333 Å². The third kappa shape index (κ3) is 62.7. The average molecular weight is 1040 g/mol. The fraction of sp³-hybridized carbons (Fsp3) is 0.884. The van der Waals surface area contributed by atoms with Gasteiger partial charge in [-0.15, -0.1) is 0 Å². The van der Waals surface area contributed by atoms with E-state index in [1.165, 1.54) is 283 Å². The molecular weight excluding hydrogens is 909 g/mol. The van der Waals surface area contributed by atoms with Crippen LogP contribution in [0, 0.1) is 0 Å². The van der Waals surface area contributed by atoms with Gasteiger partial charge in [-0.05, 0) is 57.8 Å². The zero-order valence-corrected chi connectivity index (χ0v) is 50.4. The average Bonchev–Trinajstić information content (AvgIpc) is 3.40. The highest BCUT2D eigenvalue weighted by Gasteiger charge is 2.18. The Hall–Kier alpha value is -1.88. The molecule has 0 saturated heterocycles. The zero-order valence-electron chi connectivity index (χ0n) is 50.4. The van der Waals surface area contributed by atoms with E-state index < -0.39 is 6.10 Å². The molecule has 0 radical (unpaired) electrons. The monoisotopic (exact) mass is 1040 g/mol. The second kappa shape index (κ2) is 65.4. The number of hydrogen-bond acceptors (Lipinski definition) is 5. The number of hydrogen-bond donors (Lipinski definition) is 0. The SMILES string of the molecule is CCCCC/C=C\C/C=C\C/C=C\CCCCCCCCCOCC(COC(=O)CCCCCCCCCCCCCCCCCCCCC)OC(=O)CCCCCCCCCCCCCCCCCCCCC. The van der Waals surface area contributed by atoms with Gasteiger partial charge in [-0.2, -0.15) is 0 Å². The predicted molar refractivity (Wildman–Crippen MR) is 325 cm³/mol. The largest absolute Gasteiger partial charge is 0.462 e. The van der Waals surface area contributed by atoms with Gasteiger partial charge in [0.05, 0.1) is 6.61 Å². The Morgan fingerprint density at radius 2 is 0.568 bits per heavy atom. The summed E-state index contributed by atoms with van der Waals surface area (Å²) in [5.41, 5.74) is 0. The zero-order chi connectivity index (χ0) is 53.4. The first-order valence-corrected chi connectivity index (χ1v) is 33.5. The number of rotatable bonds is 63. The molecule has 0 fully saturated rings. The van der Waals surface area contributed by atoms with Crippen LogP contribution in [0.25, 0.3) is 0 Å². The Morgan fingerprint density at radius 1 is 0.297 bits per heavy atom. The molecule has 436 valence electrons. The second-order valence-corrected chi connectivity index (χ2v) is 22.7. The minimum atomic E-state index is -0.538. The molecule has 0 aliphatic heterocycles. The van der Waals surface area contributed by atoms with Crippen LogP contribution < -0.4 is 0 Å². The molecule has 0 N–H and O–H groups in total. The molecule has 0 rings (SSSR count). The van der Waals surface area contributed by atoms with Crippen molar-refractivity contribution in [1.82, 2.24) is 0 Å². The molecule has 74 heavy (non-hydrogen) atoms. The Kier molecular flexibility index (Phi) is 63.7. The van der Waals surface area contributed by atoms with Gasteiger partial charge >= 0.3 is 11.9 Å². The summed E-state index contributed by atoms with van der Waals surface area (Å²) in [6.45, 7) is 7.87. The number of carbonyl (C=O) groups excluding carboxylic acids is 2. The van der Waals surface area contributed by atoms with Gasteiger partial charge in [-0.25, -0.2) is 0 Å². The highest BCUT2D eigenvalue weighted by Crippen LogP contribution is 2.18. The van der Waals surface area contributed by atoms with Crippen LogP contribution in [-0.4, -0.2) is 37.9 Å². The minimum absolute atomic E-state index is 0.0889. The summed E-state index contributed by atoms with van der Waals surface area (Å²) in [4.78, 5) is 25.7. The standard InChI is InChI=1S/C69H130O5/c1-4-7-10-13-16-19-22-25-28-31-34-37-40-43-46-49-52-55-58-61-64-72-65-67(74-69(71)63-60-57-54-51-48-45-42-39-36-33-30-27-24-21-18-15-12-9-6-3)66-73-68(70)62-59-56-53-50-47-44-41-38-35-32-29-26-23-20-17-14-11-8-5-2/h16,19,25,28,34,37,67H,4-15,17-18,20-24,26-27,29-33,35-36,38-66H2,1-3H3/b19-16-,28-25-,37-34-. The van der Waals surface area contributed by atoms with Crippen molar-refractivity contribution >= 4 is 11.9 Å². The van der Waals surface area contributed by atoms with Crippen molar-refractivity contribution < 1.29 is 23.8 Å². The molecule has 0 heterocycles. The van der Waals surface area contributed by atoms with E-state index in [1.54, 1.807) is 0 Å². The summed E-state index contributed by atoms with van der Waals surface area (Å²) in [7, 11) is 0. The number of carbonyl (C=O) groups is 2. The van der Waals surface area contributed by atoms with Crippen molar-refractivity contribution in [1.29, 1.82) is 0 Å². The van der Waals surface area contributed by atoms with Crippen LogP contribution in [0.1, 0.15) is 367 Å². The van der Waals surface area contributed by atoms with E-state index in [-0.39, 0.29) is 25.2 Å². The third-order valence-electron chi connectivity index (χ3n) is 15.2. The first kappa shape index (κ1) is 72.1. The molecule has 0 aliphatic rings. The van der Waals surface area contributed by atoms with Crippen LogP contribution in [0.15, 0.2) is 36.5 Å². The first-order chi connectivity index (χ1) is 36.6. The molecule has 0 saturated carbocycles. The maximum absolute atomic E-state index is 12.9. The molecule has 1 atom stereocenters. The van der Waals surface area contributed by atoms with Crippen LogP contribution in [0.3, 0.4) is 0 Å². The minimum Gasteiger partial charge on any atom is -0.462 e. The van der Waals surface area contributed by atoms with E-state index >= 15 is 0 Å². The molecule has 0 spiro atoms.